The van der Waals surface area contributed by atoms with Crippen LogP contribution in [0.5, 0.6) is 0 Å². The topological polar surface area (TPSA) is 66.5 Å². The molecule has 28 heavy (non-hydrogen) atoms. The van der Waals surface area contributed by atoms with Crippen molar-refractivity contribution in [1.29, 1.82) is 0 Å². The Balaban J connectivity index is 1.32. The molecular formula is C23H22N2O3. The fourth-order valence-electron chi connectivity index (χ4n) is 3.90. The molecule has 1 aliphatic heterocycles. The summed E-state index contributed by atoms with van der Waals surface area (Å²) < 4.78 is 0. The van der Waals surface area contributed by atoms with Gasteiger partial charge in [0.1, 0.15) is 0 Å². The van der Waals surface area contributed by atoms with Gasteiger partial charge >= 0.3 is 0 Å². The highest BCUT2D eigenvalue weighted by Gasteiger charge is 2.46. The number of imide groups is 1. The first-order chi connectivity index (χ1) is 13.6. The lowest BCUT2D eigenvalue weighted by Gasteiger charge is -2.14. The second kappa shape index (κ2) is 7.80. The van der Waals surface area contributed by atoms with E-state index in [1.165, 1.54) is 4.90 Å². The molecule has 2 aliphatic rings. The van der Waals surface area contributed by atoms with Gasteiger partial charge in [-0.3, -0.25) is 19.3 Å². The molecule has 3 amide bonds. The quantitative estimate of drug-likeness (QED) is 0.642. The molecule has 2 aromatic rings. The van der Waals surface area contributed by atoms with Crippen molar-refractivity contribution in [2.24, 2.45) is 11.8 Å². The average molecular weight is 374 g/mol. The summed E-state index contributed by atoms with van der Waals surface area (Å²) in [6, 6.07) is 17.6. The van der Waals surface area contributed by atoms with Crippen molar-refractivity contribution >= 4 is 23.4 Å². The van der Waals surface area contributed by atoms with E-state index in [0.717, 1.165) is 11.1 Å². The summed E-state index contributed by atoms with van der Waals surface area (Å²) in [5.74, 6) is -0.975. The molecule has 1 N–H and O–H groups in total. The summed E-state index contributed by atoms with van der Waals surface area (Å²) >= 11 is 0. The molecule has 4 rings (SSSR count). The van der Waals surface area contributed by atoms with E-state index in [1.54, 1.807) is 0 Å². The summed E-state index contributed by atoms with van der Waals surface area (Å²) in [4.78, 5) is 38.4. The van der Waals surface area contributed by atoms with Crippen LogP contribution in [0.4, 0.5) is 5.69 Å². The van der Waals surface area contributed by atoms with Gasteiger partial charge in [-0.2, -0.15) is 0 Å². The summed E-state index contributed by atoms with van der Waals surface area (Å²) in [6.45, 7) is 0.137. The third-order valence-corrected chi connectivity index (χ3v) is 5.44. The van der Waals surface area contributed by atoms with Gasteiger partial charge in [0.05, 0.1) is 11.8 Å². The lowest BCUT2D eigenvalue weighted by atomic mass is 9.85. The molecule has 1 fully saturated rings. The monoisotopic (exact) mass is 374 g/mol. The molecule has 1 aliphatic carbocycles. The van der Waals surface area contributed by atoms with E-state index in [4.69, 9.17) is 0 Å². The molecule has 5 nitrogen and oxygen atoms in total. The predicted octanol–water partition coefficient (Wildman–Crippen LogP) is 3.63. The van der Waals surface area contributed by atoms with Gasteiger partial charge in [0.2, 0.25) is 17.7 Å². The SMILES string of the molecule is O=C(CCN1C(=O)[C@H]2CC=CC[C@@H]2C1=O)Nc1ccc(-c2ccccc2)cc1. The summed E-state index contributed by atoms with van der Waals surface area (Å²) in [5, 5.41) is 2.84. The zero-order valence-corrected chi connectivity index (χ0v) is 15.5. The van der Waals surface area contributed by atoms with Crippen molar-refractivity contribution in [3.8, 4) is 11.1 Å². The minimum absolute atomic E-state index is 0.102. The van der Waals surface area contributed by atoms with E-state index < -0.39 is 0 Å². The Labute approximate surface area is 164 Å². The predicted molar refractivity (Wildman–Crippen MR) is 107 cm³/mol. The molecule has 0 bridgehead atoms. The third-order valence-electron chi connectivity index (χ3n) is 5.44. The molecule has 5 heteroatoms. The number of allylic oxidation sites excluding steroid dienone is 2. The number of hydrogen-bond acceptors (Lipinski definition) is 3. The second-order valence-corrected chi connectivity index (χ2v) is 7.23. The lowest BCUT2D eigenvalue weighted by Crippen LogP contribution is -2.34. The number of benzene rings is 2. The number of anilines is 1. The Morgan fingerprint density at radius 3 is 2.04 bits per heavy atom. The number of carbonyl (C=O) groups excluding carboxylic acids is 3. The number of likely N-dealkylation sites (tertiary alicyclic amines) is 1. The highest BCUT2D eigenvalue weighted by molar-refractivity contribution is 6.05. The first-order valence-corrected chi connectivity index (χ1v) is 9.59. The minimum Gasteiger partial charge on any atom is -0.326 e. The zero-order chi connectivity index (χ0) is 19.5. The van der Waals surface area contributed by atoms with E-state index in [0.29, 0.717) is 18.5 Å². The van der Waals surface area contributed by atoms with E-state index in [2.05, 4.69) is 5.32 Å². The third kappa shape index (κ3) is 3.60. The Kier molecular flexibility index (Phi) is 5.06. The molecule has 0 spiro atoms. The van der Waals surface area contributed by atoms with Crippen molar-refractivity contribution in [2.45, 2.75) is 19.3 Å². The van der Waals surface area contributed by atoms with Gasteiger partial charge in [0.15, 0.2) is 0 Å². The van der Waals surface area contributed by atoms with Gasteiger partial charge in [-0.15, -0.1) is 0 Å². The van der Waals surface area contributed by atoms with Crippen LogP contribution in [0.2, 0.25) is 0 Å². The van der Waals surface area contributed by atoms with Crippen molar-refractivity contribution in [1.82, 2.24) is 4.90 Å². The van der Waals surface area contributed by atoms with E-state index >= 15 is 0 Å². The van der Waals surface area contributed by atoms with Crippen LogP contribution < -0.4 is 5.32 Å². The van der Waals surface area contributed by atoms with Crippen LogP contribution >= 0.6 is 0 Å². The van der Waals surface area contributed by atoms with E-state index in [-0.39, 0.29) is 42.5 Å². The van der Waals surface area contributed by atoms with Gasteiger partial charge in [0.25, 0.3) is 0 Å². The van der Waals surface area contributed by atoms with Gasteiger partial charge in [-0.05, 0) is 36.1 Å². The lowest BCUT2D eigenvalue weighted by molar-refractivity contribution is -0.140. The molecule has 1 heterocycles. The Morgan fingerprint density at radius 2 is 1.43 bits per heavy atom. The molecule has 0 aromatic heterocycles. The fraction of sp³-hybridized carbons (Fsp3) is 0.261. The second-order valence-electron chi connectivity index (χ2n) is 7.23. The number of fused-ring (bicyclic) bond motifs is 1. The van der Waals surface area contributed by atoms with Crippen LogP contribution in [0.1, 0.15) is 19.3 Å². The minimum atomic E-state index is -0.244. The molecule has 2 aromatic carbocycles. The van der Waals surface area contributed by atoms with Crippen molar-refractivity contribution in [3.05, 3.63) is 66.7 Å². The highest BCUT2D eigenvalue weighted by Crippen LogP contribution is 2.35. The normalized spacial score (nSPS) is 20.9. The van der Waals surface area contributed by atoms with Crippen LogP contribution in [-0.4, -0.2) is 29.2 Å². The largest absolute Gasteiger partial charge is 0.326 e. The van der Waals surface area contributed by atoms with Gasteiger partial charge in [-0.25, -0.2) is 0 Å². The maximum atomic E-state index is 12.4. The summed E-state index contributed by atoms with van der Waals surface area (Å²) in [7, 11) is 0. The van der Waals surface area contributed by atoms with Crippen molar-refractivity contribution in [2.75, 3.05) is 11.9 Å². The van der Waals surface area contributed by atoms with E-state index in [1.807, 2.05) is 66.7 Å². The standard InChI is InChI=1S/C23H22N2O3/c26-21(14-15-25-22(27)19-8-4-5-9-20(19)23(25)28)24-18-12-10-17(11-13-18)16-6-2-1-3-7-16/h1-7,10-13,19-20H,8-9,14-15H2,(H,24,26)/t19-,20-/m0/s1. The molecule has 0 saturated carbocycles. The average Bonchev–Trinajstić information content (AvgIpc) is 2.98. The van der Waals surface area contributed by atoms with Crippen LogP contribution in [-0.2, 0) is 14.4 Å². The van der Waals surface area contributed by atoms with Gasteiger partial charge in [0, 0.05) is 18.7 Å². The molecule has 0 radical (unpaired) electrons. The fourth-order valence-corrected chi connectivity index (χ4v) is 3.90. The number of carbonyl (C=O) groups is 3. The van der Waals surface area contributed by atoms with Crippen LogP contribution in [0.15, 0.2) is 66.7 Å². The van der Waals surface area contributed by atoms with Crippen LogP contribution in [0.25, 0.3) is 11.1 Å². The van der Waals surface area contributed by atoms with Crippen LogP contribution in [0.3, 0.4) is 0 Å². The van der Waals surface area contributed by atoms with Crippen LogP contribution in [0, 0.1) is 11.8 Å². The molecule has 2 atom stereocenters. The first-order valence-electron chi connectivity index (χ1n) is 9.59. The van der Waals surface area contributed by atoms with Crippen molar-refractivity contribution < 1.29 is 14.4 Å². The first kappa shape index (κ1) is 18.2. The van der Waals surface area contributed by atoms with Gasteiger partial charge < -0.3 is 5.32 Å². The number of rotatable bonds is 5. The highest BCUT2D eigenvalue weighted by atomic mass is 16.2. The Morgan fingerprint density at radius 1 is 0.857 bits per heavy atom. The number of nitrogens with one attached hydrogen (secondary N) is 1. The maximum absolute atomic E-state index is 12.4. The van der Waals surface area contributed by atoms with Gasteiger partial charge in [-0.1, -0.05) is 54.6 Å². The number of hydrogen-bond donors (Lipinski definition) is 1. The Bertz CT molecular complexity index is 893. The number of nitrogens with zero attached hydrogens (tertiary/aromatic N) is 1. The molecule has 142 valence electrons. The maximum Gasteiger partial charge on any atom is 0.233 e. The van der Waals surface area contributed by atoms with Crippen molar-refractivity contribution in [3.63, 3.8) is 0 Å². The smallest absolute Gasteiger partial charge is 0.233 e. The summed E-state index contributed by atoms with van der Waals surface area (Å²) in [6.07, 6.45) is 5.26. The molecule has 0 unspecified atom stereocenters. The molecular weight excluding hydrogens is 352 g/mol. The summed E-state index contributed by atoms with van der Waals surface area (Å²) in [5.41, 5.74) is 2.88. The number of amides is 3. The van der Waals surface area contributed by atoms with E-state index in [9.17, 15) is 14.4 Å². The Hall–Kier alpha value is -3.21. The molecule has 1 saturated heterocycles. The zero-order valence-electron chi connectivity index (χ0n) is 15.5.